The summed E-state index contributed by atoms with van der Waals surface area (Å²) >= 11 is 5.96. The highest BCUT2D eigenvalue weighted by atomic mass is 35.5. The number of nitrogens with one attached hydrogen (secondary N) is 1. The number of hydrogen-bond acceptors (Lipinski definition) is 2. The van der Waals surface area contributed by atoms with Gasteiger partial charge >= 0.3 is 0 Å². The number of hydrogen-bond donors (Lipinski definition) is 1. The normalized spacial score (nSPS) is 11.7. The lowest BCUT2D eigenvalue weighted by Gasteiger charge is -2.29. The zero-order chi connectivity index (χ0) is 19.8. The Labute approximate surface area is 166 Å². The quantitative estimate of drug-likeness (QED) is 0.741. The highest BCUT2D eigenvalue weighted by Crippen LogP contribution is 2.15. The van der Waals surface area contributed by atoms with Crippen molar-refractivity contribution in [3.63, 3.8) is 0 Å². The van der Waals surface area contributed by atoms with E-state index in [2.05, 4.69) is 5.32 Å². The van der Waals surface area contributed by atoms with Crippen LogP contribution in [0.25, 0.3) is 0 Å². The molecule has 2 rings (SSSR count). The van der Waals surface area contributed by atoms with Crippen LogP contribution in [0.15, 0.2) is 48.5 Å². The van der Waals surface area contributed by atoms with E-state index in [0.717, 1.165) is 23.1 Å². The predicted octanol–water partition coefficient (Wildman–Crippen LogP) is 4.13. The van der Waals surface area contributed by atoms with Crippen molar-refractivity contribution in [2.75, 3.05) is 6.54 Å². The van der Waals surface area contributed by atoms with Crippen LogP contribution in [0.2, 0.25) is 5.02 Å². The van der Waals surface area contributed by atoms with E-state index in [9.17, 15) is 9.59 Å². The van der Waals surface area contributed by atoms with E-state index in [1.807, 2.05) is 50.2 Å². The summed E-state index contributed by atoms with van der Waals surface area (Å²) < 4.78 is 0. The van der Waals surface area contributed by atoms with Crippen LogP contribution in [-0.2, 0) is 22.6 Å². The fourth-order valence-corrected chi connectivity index (χ4v) is 2.87. The van der Waals surface area contributed by atoms with E-state index >= 15 is 0 Å². The van der Waals surface area contributed by atoms with Crippen LogP contribution >= 0.6 is 11.6 Å². The van der Waals surface area contributed by atoms with Gasteiger partial charge in [0.05, 0.1) is 6.42 Å². The molecule has 2 amide bonds. The molecule has 0 unspecified atom stereocenters. The summed E-state index contributed by atoms with van der Waals surface area (Å²) in [6, 6.07) is 14.7. The third-order valence-electron chi connectivity index (χ3n) is 4.46. The maximum atomic E-state index is 13.0. The SMILES string of the molecule is CCCNC(=O)[C@@H](C)N(Cc1ccc(Cl)cc1)C(=O)Cc1ccc(C)cc1. The molecule has 2 aromatic rings. The van der Waals surface area contributed by atoms with E-state index in [1.165, 1.54) is 0 Å². The molecule has 0 fully saturated rings. The summed E-state index contributed by atoms with van der Waals surface area (Å²) in [5.74, 6) is -0.212. The molecule has 0 heterocycles. The third kappa shape index (κ3) is 6.40. The lowest BCUT2D eigenvalue weighted by atomic mass is 10.1. The van der Waals surface area contributed by atoms with E-state index in [0.29, 0.717) is 18.1 Å². The van der Waals surface area contributed by atoms with Gasteiger partial charge in [-0.3, -0.25) is 9.59 Å². The number of rotatable bonds is 8. The zero-order valence-corrected chi connectivity index (χ0v) is 16.9. The predicted molar refractivity (Wildman–Crippen MR) is 110 cm³/mol. The van der Waals surface area contributed by atoms with Gasteiger partial charge in [0.1, 0.15) is 6.04 Å². The second kappa shape index (κ2) is 10.1. The summed E-state index contributed by atoms with van der Waals surface area (Å²) in [6.07, 6.45) is 1.12. The fourth-order valence-electron chi connectivity index (χ4n) is 2.75. The molecule has 0 radical (unpaired) electrons. The first-order chi connectivity index (χ1) is 12.9. The molecule has 0 aliphatic heterocycles. The molecule has 0 bridgehead atoms. The highest BCUT2D eigenvalue weighted by molar-refractivity contribution is 6.30. The van der Waals surface area contributed by atoms with E-state index < -0.39 is 6.04 Å². The average Bonchev–Trinajstić information content (AvgIpc) is 2.66. The van der Waals surface area contributed by atoms with Gasteiger partial charge < -0.3 is 10.2 Å². The van der Waals surface area contributed by atoms with Crippen molar-refractivity contribution in [3.05, 3.63) is 70.2 Å². The van der Waals surface area contributed by atoms with Gasteiger partial charge in [-0.15, -0.1) is 0 Å². The Morgan fingerprint density at radius 2 is 1.63 bits per heavy atom. The Hall–Kier alpha value is -2.33. The van der Waals surface area contributed by atoms with Gasteiger partial charge in [-0.25, -0.2) is 0 Å². The number of nitrogens with zero attached hydrogens (tertiary/aromatic N) is 1. The molecule has 0 spiro atoms. The number of carbonyl (C=O) groups is 2. The third-order valence-corrected chi connectivity index (χ3v) is 4.71. The molecule has 0 aliphatic rings. The van der Waals surface area contributed by atoms with Crippen molar-refractivity contribution in [2.24, 2.45) is 0 Å². The summed E-state index contributed by atoms with van der Waals surface area (Å²) in [6.45, 7) is 6.75. The Bertz CT molecular complexity index is 757. The monoisotopic (exact) mass is 386 g/mol. The van der Waals surface area contributed by atoms with Crippen molar-refractivity contribution in [2.45, 2.75) is 46.2 Å². The Morgan fingerprint density at radius 3 is 2.22 bits per heavy atom. The fraction of sp³-hybridized carbons (Fsp3) is 0.364. The van der Waals surface area contributed by atoms with Gasteiger partial charge in [0.25, 0.3) is 0 Å². The molecule has 0 aliphatic carbocycles. The van der Waals surface area contributed by atoms with Crippen LogP contribution in [0.3, 0.4) is 0 Å². The van der Waals surface area contributed by atoms with Gasteiger partial charge in [-0.2, -0.15) is 0 Å². The second-order valence-electron chi connectivity index (χ2n) is 6.78. The second-order valence-corrected chi connectivity index (χ2v) is 7.21. The smallest absolute Gasteiger partial charge is 0.242 e. The Morgan fingerprint density at radius 1 is 1.04 bits per heavy atom. The molecule has 0 aromatic heterocycles. The van der Waals surface area contributed by atoms with Crippen LogP contribution in [0, 0.1) is 6.92 Å². The van der Waals surface area contributed by atoms with E-state index in [4.69, 9.17) is 11.6 Å². The molecule has 5 heteroatoms. The summed E-state index contributed by atoms with van der Waals surface area (Å²) in [7, 11) is 0. The van der Waals surface area contributed by atoms with Gasteiger partial charge in [0.2, 0.25) is 11.8 Å². The number of benzene rings is 2. The van der Waals surface area contributed by atoms with Gasteiger partial charge in [-0.05, 0) is 43.5 Å². The van der Waals surface area contributed by atoms with E-state index in [1.54, 1.807) is 24.0 Å². The van der Waals surface area contributed by atoms with Crippen molar-refractivity contribution in [1.82, 2.24) is 10.2 Å². The molecule has 0 saturated heterocycles. The molecule has 144 valence electrons. The maximum Gasteiger partial charge on any atom is 0.242 e. The number of carbonyl (C=O) groups excluding carboxylic acids is 2. The largest absolute Gasteiger partial charge is 0.354 e. The first kappa shape index (κ1) is 21.0. The first-order valence-corrected chi connectivity index (χ1v) is 9.65. The van der Waals surface area contributed by atoms with Gasteiger partial charge in [-0.1, -0.05) is 60.5 Å². The van der Waals surface area contributed by atoms with Crippen LogP contribution in [0.5, 0.6) is 0 Å². The topological polar surface area (TPSA) is 49.4 Å². The highest BCUT2D eigenvalue weighted by Gasteiger charge is 2.25. The molecule has 27 heavy (non-hydrogen) atoms. The van der Waals surface area contributed by atoms with Crippen molar-refractivity contribution >= 4 is 23.4 Å². The minimum atomic E-state index is -0.551. The van der Waals surface area contributed by atoms with Crippen LogP contribution in [0.4, 0.5) is 0 Å². The Kier molecular flexibility index (Phi) is 7.86. The molecule has 1 N–H and O–H groups in total. The Balaban J connectivity index is 2.18. The zero-order valence-electron chi connectivity index (χ0n) is 16.2. The minimum Gasteiger partial charge on any atom is -0.354 e. The number of aryl methyl sites for hydroxylation is 1. The first-order valence-electron chi connectivity index (χ1n) is 9.28. The molecule has 2 aromatic carbocycles. The number of halogens is 1. The molecular weight excluding hydrogens is 360 g/mol. The summed E-state index contributed by atoms with van der Waals surface area (Å²) in [5.41, 5.74) is 3.02. The summed E-state index contributed by atoms with van der Waals surface area (Å²) in [4.78, 5) is 27.1. The van der Waals surface area contributed by atoms with Crippen LogP contribution in [0.1, 0.15) is 37.0 Å². The molecule has 4 nitrogen and oxygen atoms in total. The van der Waals surface area contributed by atoms with Crippen LogP contribution < -0.4 is 5.32 Å². The van der Waals surface area contributed by atoms with Crippen molar-refractivity contribution < 1.29 is 9.59 Å². The van der Waals surface area contributed by atoms with Gasteiger partial charge in [0, 0.05) is 18.1 Å². The maximum absolute atomic E-state index is 13.0. The minimum absolute atomic E-state index is 0.0760. The van der Waals surface area contributed by atoms with Crippen molar-refractivity contribution in [3.8, 4) is 0 Å². The van der Waals surface area contributed by atoms with Crippen molar-refractivity contribution in [1.29, 1.82) is 0 Å². The molecular formula is C22H27ClN2O2. The average molecular weight is 387 g/mol. The summed E-state index contributed by atoms with van der Waals surface area (Å²) in [5, 5.41) is 3.52. The molecule has 0 saturated carbocycles. The lowest BCUT2D eigenvalue weighted by Crippen LogP contribution is -2.48. The van der Waals surface area contributed by atoms with Gasteiger partial charge in [0.15, 0.2) is 0 Å². The number of amides is 2. The standard InChI is InChI=1S/C22H27ClN2O2/c1-4-13-24-22(27)17(3)25(15-19-9-11-20(23)12-10-19)21(26)14-18-7-5-16(2)6-8-18/h5-12,17H,4,13-15H2,1-3H3,(H,24,27)/t17-/m1/s1. The lowest BCUT2D eigenvalue weighted by molar-refractivity contribution is -0.140. The van der Waals surface area contributed by atoms with Crippen LogP contribution in [-0.4, -0.2) is 29.3 Å². The molecule has 1 atom stereocenters. The van der Waals surface area contributed by atoms with E-state index in [-0.39, 0.29) is 18.2 Å².